The minimum Gasteiger partial charge on any atom is -0.387 e. The van der Waals surface area contributed by atoms with E-state index in [4.69, 9.17) is 23.2 Å². The van der Waals surface area contributed by atoms with Gasteiger partial charge in [-0.25, -0.2) is 0 Å². The lowest BCUT2D eigenvalue weighted by atomic mass is 9.88. The van der Waals surface area contributed by atoms with Gasteiger partial charge in [0, 0.05) is 19.6 Å². The standard InChI is InChI=1S/C13H15Cl2NO/c14-11-4-1-9(5-12(11)15)6-16-7-13(17,8-16)10-2-3-10/h1,4-5,10,17H,2-3,6-8H2. The van der Waals surface area contributed by atoms with Crippen LogP contribution in [0.5, 0.6) is 0 Å². The van der Waals surface area contributed by atoms with Crippen LogP contribution < -0.4 is 0 Å². The number of hydrogen-bond acceptors (Lipinski definition) is 2. The first kappa shape index (κ1) is 11.8. The van der Waals surface area contributed by atoms with Crippen LogP contribution in [0.25, 0.3) is 0 Å². The third kappa shape index (κ3) is 2.32. The molecule has 2 aliphatic rings. The molecule has 2 nitrogen and oxygen atoms in total. The molecule has 1 aliphatic carbocycles. The van der Waals surface area contributed by atoms with Crippen molar-refractivity contribution < 1.29 is 5.11 Å². The van der Waals surface area contributed by atoms with Crippen LogP contribution in [0.2, 0.25) is 10.0 Å². The molecular weight excluding hydrogens is 257 g/mol. The summed E-state index contributed by atoms with van der Waals surface area (Å²) in [5.74, 6) is 0.549. The van der Waals surface area contributed by atoms with Crippen molar-refractivity contribution in [1.82, 2.24) is 4.90 Å². The molecule has 17 heavy (non-hydrogen) atoms. The molecule has 0 amide bonds. The first-order chi connectivity index (χ1) is 8.07. The van der Waals surface area contributed by atoms with Gasteiger partial charge >= 0.3 is 0 Å². The van der Waals surface area contributed by atoms with Gasteiger partial charge in [-0.15, -0.1) is 0 Å². The Morgan fingerprint density at radius 1 is 1.24 bits per heavy atom. The third-order valence-electron chi connectivity index (χ3n) is 3.72. The Balaban J connectivity index is 1.59. The third-order valence-corrected chi connectivity index (χ3v) is 4.46. The minimum absolute atomic E-state index is 0.407. The number of benzene rings is 1. The fourth-order valence-corrected chi connectivity index (χ4v) is 2.94. The Morgan fingerprint density at radius 2 is 1.94 bits per heavy atom. The summed E-state index contributed by atoms with van der Waals surface area (Å²) < 4.78 is 0. The molecule has 4 heteroatoms. The molecule has 0 spiro atoms. The quantitative estimate of drug-likeness (QED) is 0.914. The van der Waals surface area contributed by atoms with Crippen molar-refractivity contribution in [3.8, 4) is 0 Å². The molecule has 0 unspecified atom stereocenters. The topological polar surface area (TPSA) is 23.5 Å². The van der Waals surface area contributed by atoms with E-state index >= 15 is 0 Å². The van der Waals surface area contributed by atoms with Crippen molar-refractivity contribution in [3.05, 3.63) is 33.8 Å². The zero-order chi connectivity index (χ0) is 12.0. The van der Waals surface area contributed by atoms with Crippen molar-refractivity contribution in [2.75, 3.05) is 13.1 Å². The van der Waals surface area contributed by atoms with Crippen molar-refractivity contribution in [3.63, 3.8) is 0 Å². The summed E-state index contributed by atoms with van der Waals surface area (Å²) in [7, 11) is 0. The van der Waals surface area contributed by atoms with E-state index in [1.165, 1.54) is 12.8 Å². The Hall–Kier alpha value is -0.280. The van der Waals surface area contributed by atoms with Crippen LogP contribution in [-0.4, -0.2) is 28.7 Å². The highest BCUT2D eigenvalue weighted by Gasteiger charge is 2.51. The van der Waals surface area contributed by atoms with Crippen LogP contribution in [0, 0.1) is 5.92 Å². The predicted octanol–water partition coefficient (Wildman–Crippen LogP) is 2.95. The highest BCUT2D eigenvalue weighted by atomic mass is 35.5. The molecule has 1 aromatic rings. The van der Waals surface area contributed by atoms with Crippen LogP contribution in [0.4, 0.5) is 0 Å². The zero-order valence-corrected chi connectivity index (χ0v) is 11.0. The Morgan fingerprint density at radius 3 is 2.53 bits per heavy atom. The van der Waals surface area contributed by atoms with E-state index < -0.39 is 5.60 Å². The molecule has 0 atom stereocenters. The largest absolute Gasteiger partial charge is 0.387 e. The molecule has 1 N–H and O–H groups in total. The van der Waals surface area contributed by atoms with Crippen LogP contribution in [0.15, 0.2) is 18.2 Å². The van der Waals surface area contributed by atoms with E-state index in [1.807, 2.05) is 18.2 Å². The maximum Gasteiger partial charge on any atom is 0.0928 e. The normalized spacial score (nSPS) is 23.5. The van der Waals surface area contributed by atoms with Crippen LogP contribution in [0.1, 0.15) is 18.4 Å². The Labute approximate surface area is 111 Å². The first-order valence-electron chi connectivity index (χ1n) is 5.95. The maximum absolute atomic E-state index is 10.2. The summed E-state index contributed by atoms with van der Waals surface area (Å²) in [5.41, 5.74) is 0.744. The molecule has 3 rings (SSSR count). The number of halogens is 2. The highest BCUT2D eigenvalue weighted by Crippen LogP contribution is 2.44. The summed E-state index contributed by atoms with van der Waals surface area (Å²) in [5, 5.41) is 11.4. The Kier molecular flexibility index (Phi) is 2.86. The lowest BCUT2D eigenvalue weighted by Gasteiger charge is -2.47. The Bertz CT molecular complexity index is 439. The van der Waals surface area contributed by atoms with E-state index in [1.54, 1.807) is 0 Å². The van der Waals surface area contributed by atoms with E-state index in [9.17, 15) is 5.11 Å². The molecule has 1 saturated heterocycles. The zero-order valence-electron chi connectivity index (χ0n) is 9.50. The smallest absolute Gasteiger partial charge is 0.0928 e. The lowest BCUT2D eigenvalue weighted by Crippen LogP contribution is -2.62. The first-order valence-corrected chi connectivity index (χ1v) is 6.71. The second-order valence-electron chi connectivity index (χ2n) is 5.27. The summed E-state index contributed by atoms with van der Waals surface area (Å²) in [4.78, 5) is 2.25. The summed E-state index contributed by atoms with van der Waals surface area (Å²) in [6.45, 7) is 2.42. The predicted molar refractivity (Wildman–Crippen MR) is 69.4 cm³/mol. The number of aliphatic hydroxyl groups is 1. The van der Waals surface area contributed by atoms with Crippen molar-refractivity contribution >= 4 is 23.2 Å². The molecule has 0 aromatic heterocycles. The molecule has 0 radical (unpaired) electrons. The molecular formula is C13H15Cl2NO. The number of hydrogen-bond donors (Lipinski definition) is 1. The van der Waals surface area contributed by atoms with Gasteiger partial charge < -0.3 is 5.11 Å². The van der Waals surface area contributed by atoms with Gasteiger partial charge in [-0.3, -0.25) is 4.90 Å². The van der Waals surface area contributed by atoms with Gasteiger partial charge in [0.2, 0.25) is 0 Å². The molecule has 92 valence electrons. The second kappa shape index (κ2) is 4.13. The number of likely N-dealkylation sites (tertiary alicyclic amines) is 1. The van der Waals surface area contributed by atoms with Gasteiger partial charge in [0.05, 0.1) is 15.6 Å². The number of rotatable bonds is 3. The van der Waals surface area contributed by atoms with E-state index in [0.717, 1.165) is 25.2 Å². The number of β-amino-alcohol motifs (C(OH)–C–C–N with tert-alkyl or cyclic N) is 1. The molecule has 2 fully saturated rings. The summed E-state index contributed by atoms with van der Waals surface area (Å²) in [6.07, 6.45) is 2.38. The van der Waals surface area contributed by atoms with Crippen molar-refractivity contribution in [2.45, 2.75) is 25.0 Å². The monoisotopic (exact) mass is 271 g/mol. The second-order valence-corrected chi connectivity index (χ2v) is 6.09. The van der Waals surface area contributed by atoms with Gasteiger partial charge in [0.1, 0.15) is 0 Å². The number of nitrogens with zero attached hydrogens (tertiary/aromatic N) is 1. The fourth-order valence-electron chi connectivity index (χ4n) is 2.61. The lowest BCUT2D eigenvalue weighted by molar-refractivity contribution is -0.116. The van der Waals surface area contributed by atoms with Crippen molar-refractivity contribution in [2.24, 2.45) is 5.92 Å². The van der Waals surface area contributed by atoms with E-state index in [0.29, 0.717) is 16.0 Å². The molecule has 0 bridgehead atoms. The van der Waals surface area contributed by atoms with Gasteiger partial charge in [0.15, 0.2) is 0 Å². The van der Waals surface area contributed by atoms with Gasteiger partial charge in [-0.2, -0.15) is 0 Å². The van der Waals surface area contributed by atoms with Crippen LogP contribution >= 0.6 is 23.2 Å². The van der Waals surface area contributed by atoms with Crippen LogP contribution in [0.3, 0.4) is 0 Å². The molecule has 1 aromatic carbocycles. The summed E-state index contributed by atoms with van der Waals surface area (Å²) >= 11 is 11.8. The molecule has 1 aliphatic heterocycles. The minimum atomic E-state index is -0.407. The van der Waals surface area contributed by atoms with Crippen molar-refractivity contribution in [1.29, 1.82) is 0 Å². The average molecular weight is 272 g/mol. The average Bonchev–Trinajstić information content (AvgIpc) is 3.04. The van der Waals surface area contributed by atoms with E-state index in [-0.39, 0.29) is 0 Å². The van der Waals surface area contributed by atoms with Gasteiger partial charge in [0.25, 0.3) is 0 Å². The maximum atomic E-state index is 10.2. The highest BCUT2D eigenvalue weighted by molar-refractivity contribution is 6.42. The molecule has 1 heterocycles. The van der Waals surface area contributed by atoms with E-state index in [2.05, 4.69) is 4.90 Å². The summed E-state index contributed by atoms with van der Waals surface area (Å²) in [6, 6.07) is 5.72. The molecule has 1 saturated carbocycles. The van der Waals surface area contributed by atoms with Gasteiger partial charge in [-0.1, -0.05) is 29.3 Å². The SMILES string of the molecule is OC1(C2CC2)CN(Cc2ccc(Cl)c(Cl)c2)C1. The fraction of sp³-hybridized carbons (Fsp3) is 0.538. The van der Waals surface area contributed by atoms with Gasteiger partial charge in [-0.05, 0) is 36.5 Å². The van der Waals surface area contributed by atoms with Crippen LogP contribution in [-0.2, 0) is 6.54 Å².